The molecule has 8 heteroatoms. The topological polar surface area (TPSA) is 90.8 Å². The van der Waals surface area contributed by atoms with Crippen LogP contribution in [0, 0.1) is 0 Å². The van der Waals surface area contributed by atoms with Crippen LogP contribution in [0.3, 0.4) is 0 Å². The quantitative estimate of drug-likeness (QED) is 0.909. The van der Waals surface area contributed by atoms with Crippen LogP contribution in [0.15, 0.2) is 35.8 Å². The molecule has 1 fully saturated rings. The lowest BCUT2D eigenvalue weighted by molar-refractivity contribution is 0.0530. The smallest absolute Gasteiger partial charge is 0.338 e. The summed E-state index contributed by atoms with van der Waals surface area (Å²) in [5.41, 5.74) is -0.178. The number of pyridine rings is 1. The molecule has 2 aromatic heterocycles. The second kappa shape index (κ2) is 6.79. The molecule has 7 nitrogen and oxygen atoms in total. The van der Waals surface area contributed by atoms with E-state index in [4.69, 9.17) is 0 Å². The number of piperazine rings is 1. The molecule has 2 aromatic rings. The third-order valence-electron chi connectivity index (χ3n) is 3.83. The molecule has 0 bridgehead atoms. The van der Waals surface area contributed by atoms with Gasteiger partial charge in [0.15, 0.2) is 0 Å². The van der Waals surface area contributed by atoms with Gasteiger partial charge in [0.1, 0.15) is 5.69 Å². The molecular weight excluding hydrogens is 330 g/mol. The first-order valence-electron chi connectivity index (χ1n) is 7.38. The van der Waals surface area contributed by atoms with Gasteiger partial charge in [0.2, 0.25) is 0 Å². The molecule has 1 N–H and O–H groups in total. The highest BCUT2D eigenvalue weighted by Crippen LogP contribution is 2.15. The molecule has 2 amide bonds. The average molecular weight is 345 g/mol. The SMILES string of the molecule is O=C(O)c1cccnc1C(=O)N1CCN(C(=O)c2cccs2)CC1. The summed E-state index contributed by atoms with van der Waals surface area (Å²) in [4.78, 5) is 43.9. The molecular formula is C16H15N3O4S. The van der Waals surface area contributed by atoms with Gasteiger partial charge in [0.05, 0.1) is 10.4 Å². The monoisotopic (exact) mass is 345 g/mol. The number of carboxylic acid groups (broad SMARTS) is 1. The van der Waals surface area contributed by atoms with E-state index in [1.54, 1.807) is 11.0 Å². The van der Waals surface area contributed by atoms with Crippen molar-refractivity contribution in [3.05, 3.63) is 52.0 Å². The number of hydrogen-bond donors (Lipinski definition) is 1. The lowest BCUT2D eigenvalue weighted by Gasteiger charge is -2.34. The predicted molar refractivity (Wildman–Crippen MR) is 87.3 cm³/mol. The molecule has 3 rings (SSSR count). The van der Waals surface area contributed by atoms with Crippen molar-refractivity contribution >= 4 is 29.1 Å². The fourth-order valence-electron chi connectivity index (χ4n) is 2.57. The van der Waals surface area contributed by atoms with Gasteiger partial charge in [0, 0.05) is 32.4 Å². The summed E-state index contributed by atoms with van der Waals surface area (Å²) in [6.45, 7) is 1.53. The highest BCUT2D eigenvalue weighted by molar-refractivity contribution is 7.12. The Morgan fingerprint density at radius 2 is 1.67 bits per heavy atom. The minimum Gasteiger partial charge on any atom is -0.478 e. The van der Waals surface area contributed by atoms with Crippen LogP contribution in [0.2, 0.25) is 0 Å². The first-order valence-corrected chi connectivity index (χ1v) is 8.26. The van der Waals surface area contributed by atoms with Gasteiger partial charge in [-0.3, -0.25) is 14.6 Å². The van der Waals surface area contributed by atoms with Crippen LogP contribution < -0.4 is 0 Å². The van der Waals surface area contributed by atoms with Crippen molar-refractivity contribution in [3.8, 4) is 0 Å². The number of hydrogen-bond acceptors (Lipinski definition) is 5. The molecule has 0 aliphatic carbocycles. The van der Waals surface area contributed by atoms with E-state index in [1.165, 1.54) is 34.6 Å². The van der Waals surface area contributed by atoms with Crippen LogP contribution >= 0.6 is 11.3 Å². The van der Waals surface area contributed by atoms with Crippen molar-refractivity contribution < 1.29 is 19.5 Å². The Morgan fingerprint density at radius 3 is 2.25 bits per heavy atom. The van der Waals surface area contributed by atoms with Crippen LogP contribution in [0.25, 0.3) is 0 Å². The molecule has 0 saturated carbocycles. The average Bonchev–Trinajstić information content (AvgIpc) is 3.15. The van der Waals surface area contributed by atoms with Crippen molar-refractivity contribution in [1.82, 2.24) is 14.8 Å². The van der Waals surface area contributed by atoms with Crippen LogP contribution in [-0.2, 0) is 0 Å². The Bertz CT molecular complexity index is 767. The summed E-state index contributed by atoms with van der Waals surface area (Å²) in [6, 6.07) is 6.45. The predicted octanol–water partition coefficient (Wildman–Crippen LogP) is 1.44. The zero-order chi connectivity index (χ0) is 17.1. The molecule has 0 atom stereocenters. The Kier molecular flexibility index (Phi) is 4.57. The first-order chi connectivity index (χ1) is 11.6. The zero-order valence-corrected chi connectivity index (χ0v) is 13.5. The van der Waals surface area contributed by atoms with Gasteiger partial charge in [-0.05, 0) is 23.6 Å². The second-order valence-electron chi connectivity index (χ2n) is 5.27. The number of rotatable bonds is 3. The van der Waals surface area contributed by atoms with E-state index in [9.17, 15) is 19.5 Å². The largest absolute Gasteiger partial charge is 0.478 e. The maximum Gasteiger partial charge on any atom is 0.338 e. The molecule has 124 valence electrons. The maximum atomic E-state index is 12.5. The summed E-state index contributed by atoms with van der Waals surface area (Å²) in [6.07, 6.45) is 1.40. The summed E-state index contributed by atoms with van der Waals surface area (Å²) >= 11 is 1.39. The normalized spacial score (nSPS) is 14.5. The van der Waals surface area contributed by atoms with E-state index in [0.717, 1.165) is 0 Å². The lowest BCUT2D eigenvalue weighted by Crippen LogP contribution is -2.50. The Labute approximate surface area is 142 Å². The van der Waals surface area contributed by atoms with Crippen molar-refractivity contribution in [2.75, 3.05) is 26.2 Å². The number of nitrogens with zero attached hydrogens (tertiary/aromatic N) is 3. The molecule has 3 heterocycles. The molecule has 0 radical (unpaired) electrons. The van der Waals surface area contributed by atoms with E-state index in [2.05, 4.69) is 4.98 Å². The number of amides is 2. The van der Waals surface area contributed by atoms with Crippen LogP contribution in [0.1, 0.15) is 30.5 Å². The van der Waals surface area contributed by atoms with Crippen LogP contribution in [0.4, 0.5) is 0 Å². The number of carbonyl (C=O) groups is 3. The zero-order valence-electron chi connectivity index (χ0n) is 12.7. The minimum atomic E-state index is -1.18. The van der Waals surface area contributed by atoms with Crippen molar-refractivity contribution in [2.45, 2.75) is 0 Å². The Balaban J connectivity index is 1.68. The van der Waals surface area contributed by atoms with Gasteiger partial charge >= 0.3 is 5.97 Å². The molecule has 1 aliphatic rings. The Morgan fingerprint density at radius 1 is 1.00 bits per heavy atom. The summed E-state index contributed by atoms with van der Waals surface area (Å²) < 4.78 is 0. The van der Waals surface area contributed by atoms with E-state index in [-0.39, 0.29) is 17.2 Å². The van der Waals surface area contributed by atoms with Gasteiger partial charge in [-0.25, -0.2) is 4.79 Å². The van der Waals surface area contributed by atoms with Gasteiger partial charge in [0.25, 0.3) is 11.8 Å². The number of thiophene rings is 1. The van der Waals surface area contributed by atoms with E-state index < -0.39 is 11.9 Å². The van der Waals surface area contributed by atoms with Crippen molar-refractivity contribution in [1.29, 1.82) is 0 Å². The standard InChI is InChI=1S/C16H15N3O4S/c20-14(12-4-2-10-24-12)18-6-8-19(9-7-18)15(21)13-11(16(22)23)3-1-5-17-13/h1-5,10H,6-9H2,(H,22,23). The van der Waals surface area contributed by atoms with Gasteiger partial charge in [-0.1, -0.05) is 6.07 Å². The Hall–Kier alpha value is -2.74. The third kappa shape index (κ3) is 3.13. The fourth-order valence-corrected chi connectivity index (χ4v) is 3.26. The molecule has 24 heavy (non-hydrogen) atoms. The van der Waals surface area contributed by atoms with Crippen molar-refractivity contribution in [2.24, 2.45) is 0 Å². The van der Waals surface area contributed by atoms with E-state index in [0.29, 0.717) is 31.1 Å². The molecule has 1 saturated heterocycles. The number of aromatic nitrogens is 1. The number of carboxylic acids is 1. The van der Waals surface area contributed by atoms with Gasteiger partial charge in [-0.15, -0.1) is 11.3 Å². The van der Waals surface area contributed by atoms with Gasteiger partial charge in [-0.2, -0.15) is 0 Å². The minimum absolute atomic E-state index is 0.0406. The maximum absolute atomic E-state index is 12.5. The van der Waals surface area contributed by atoms with Crippen molar-refractivity contribution in [3.63, 3.8) is 0 Å². The molecule has 0 spiro atoms. The molecule has 0 unspecified atom stereocenters. The van der Waals surface area contributed by atoms with Gasteiger partial charge < -0.3 is 14.9 Å². The second-order valence-corrected chi connectivity index (χ2v) is 6.21. The highest BCUT2D eigenvalue weighted by Gasteiger charge is 2.28. The van der Waals surface area contributed by atoms with Crippen LogP contribution in [-0.4, -0.2) is 63.9 Å². The van der Waals surface area contributed by atoms with Crippen LogP contribution in [0.5, 0.6) is 0 Å². The lowest BCUT2D eigenvalue weighted by atomic mass is 10.1. The molecule has 1 aliphatic heterocycles. The molecule has 0 aromatic carbocycles. The number of aromatic carboxylic acids is 1. The fraction of sp³-hybridized carbons (Fsp3) is 0.250. The third-order valence-corrected chi connectivity index (χ3v) is 4.68. The van der Waals surface area contributed by atoms with E-state index in [1.807, 2.05) is 11.4 Å². The summed E-state index contributed by atoms with van der Waals surface area (Å²) in [5.74, 6) is -1.64. The van der Waals surface area contributed by atoms with E-state index >= 15 is 0 Å². The number of carbonyl (C=O) groups excluding carboxylic acids is 2. The summed E-state index contributed by atoms with van der Waals surface area (Å²) in [5, 5.41) is 11.0. The summed E-state index contributed by atoms with van der Waals surface area (Å²) in [7, 11) is 0. The first kappa shape index (κ1) is 16.1. The highest BCUT2D eigenvalue weighted by atomic mass is 32.1.